The van der Waals surface area contributed by atoms with Crippen molar-refractivity contribution in [2.24, 2.45) is 11.3 Å². The van der Waals surface area contributed by atoms with Crippen LogP contribution >= 0.6 is 0 Å². The van der Waals surface area contributed by atoms with Gasteiger partial charge < -0.3 is 10.2 Å². The van der Waals surface area contributed by atoms with E-state index >= 15 is 0 Å². The maximum Gasteiger partial charge on any atom is 0.312 e. The minimum Gasteiger partial charge on any atom is -0.481 e. The van der Waals surface area contributed by atoms with Crippen molar-refractivity contribution < 1.29 is 23.4 Å². The van der Waals surface area contributed by atoms with E-state index in [1.54, 1.807) is 24.3 Å². The normalized spacial score (nSPS) is 26.9. The molecule has 2 aliphatic rings. The van der Waals surface area contributed by atoms with Crippen LogP contribution in [0.3, 0.4) is 0 Å². The number of sulfonamides is 1. The monoisotopic (exact) mass is 383 g/mol. The Labute approximate surface area is 153 Å². The maximum atomic E-state index is 12.0. The van der Waals surface area contributed by atoms with E-state index in [-0.39, 0.29) is 17.4 Å². The predicted octanol–water partition coefficient (Wildman–Crippen LogP) is -0.595. The molecule has 2 aliphatic heterocycles. The summed E-state index contributed by atoms with van der Waals surface area (Å²) < 4.78 is 25.8. The molecule has 9 heteroatoms. The molecule has 2 atom stereocenters. The molecule has 0 spiro atoms. The lowest BCUT2D eigenvalue weighted by Crippen LogP contribution is -2.41. The molecule has 0 saturated carbocycles. The molecule has 2 saturated heterocycles. The zero-order valence-corrected chi connectivity index (χ0v) is 15.6. The van der Waals surface area contributed by atoms with Crippen LogP contribution in [-0.4, -0.2) is 80.8 Å². The number of hydrogen-bond acceptors (Lipinski definition) is 6. The number of β-amino-alcohol motifs (C(OH)–C–C–N with tert-alkyl or cyclic N) is 1. The first kappa shape index (κ1) is 19.2. The molecule has 3 rings (SSSR count). The summed E-state index contributed by atoms with van der Waals surface area (Å²) in [7, 11) is -2.08. The Morgan fingerprint density at radius 1 is 1.23 bits per heavy atom. The zero-order chi connectivity index (χ0) is 18.9. The third-order valence-corrected chi connectivity index (χ3v) is 6.93. The van der Waals surface area contributed by atoms with Crippen molar-refractivity contribution in [3.8, 4) is 0 Å². The standard InChI is InChI=1S/C17H25N3O5S/c1-18-26(24,25)15-4-2-13(3-5-15)8-20-10-14-9-19(6-7-21)11-17(14,12-20)16(22)23/h2-5,14,18,21H,6-12H2,1H3,(H,22,23)/t14-,17-/m1/s1. The molecule has 3 N–H and O–H groups in total. The van der Waals surface area contributed by atoms with Crippen molar-refractivity contribution in [3.63, 3.8) is 0 Å². The van der Waals surface area contributed by atoms with Gasteiger partial charge in [-0.25, -0.2) is 13.1 Å². The number of carboxylic acid groups (broad SMARTS) is 1. The Bertz CT molecular complexity index is 767. The Morgan fingerprint density at radius 2 is 1.85 bits per heavy atom. The number of rotatable bonds is 7. The minimum atomic E-state index is -3.45. The summed E-state index contributed by atoms with van der Waals surface area (Å²) >= 11 is 0. The van der Waals surface area contributed by atoms with Gasteiger partial charge in [0.25, 0.3) is 0 Å². The van der Waals surface area contributed by atoms with Gasteiger partial charge in [0.15, 0.2) is 0 Å². The number of aliphatic carboxylic acids is 1. The van der Waals surface area contributed by atoms with Gasteiger partial charge in [-0.05, 0) is 24.7 Å². The first-order valence-corrected chi connectivity index (χ1v) is 10.1. The van der Waals surface area contributed by atoms with Crippen LogP contribution in [-0.2, 0) is 21.4 Å². The van der Waals surface area contributed by atoms with Gasteiger partial charge in [0.05, 0.1) is 16.9 Å². The average molecular weight is 383 g/mol. The van der Waals surface area contributed by atoms with Crippen LogP contribution < -0.4 is 4.72 Å². The molecule has 2 fully saturated rings. The van der Waals surface area contributed by atoms with E-state index in [0.29, 0.717) is 39.3 Å². The van der Waals surface area contributed by atoms with E-state index in [1.807, 2.05) is 4.90 Å². The Hall–Kier alpha value is -1.52. The van der Waals surface area contributed by atoms with E-state index in [1.165, 1.54) is 7.05 Å². The third kappa shape index (κ3) is 3.49. The van der Waals surface area contributed by atoms with Gasteiger partial charge in [0.2, 0.25) is 10.0 Å². The molecule has 0 aliphatic carbocycles. The lowest BCUT2D eigenvalue weighted by atomic mass is 9.81. The average Bonchev–Trinajstić information content (AvgIpc) is 3.10. The van der Waals surface area contributed by atoms with Gasteiger partial charge >= 0.3 is 5.97 Å². The maximum absolute atomic E-state index is 12.0. The number of aliphatic hydroxyl groups is 1. The first-order chi connectivity index (χ1) is 12.3. The Morgan fingerprint density at radius 3 is 2.38 bits per heavy atom. The van der Waals surface area contributed by atoms with Crippen LogP contribution in [0.25, 0.3) is 0 Å². The highest BCUT2D eigenvalue weighted by molar-refractivity contribution is 7.89. The molecule has 2 heterocycles. The summed E-state index contributed by atoms with van der Waals surface area (Å²) in [6.45, 7) is 3.43. The SMILES string of the molecule is CNS(=O)(=O)c1ccc(CN2C[C@H]3CN(CCO)C[C@@]3(C(=O)O)C2)cc1. The lowest BCUT2D eigenvalue weighted by molar-refractivity contribution is -0.149. The molecule has 144 valence electrons. The van der Waals surface area contributed by atoms with Gasteiger partial charge in [-0.3, -0.25) is 14.6 Å². The fourth-order valence-corrected chi connectivity index (χ4v) is 4.89. The van der Waals surface area contributed by atoms with Gasteiger partial charge in [0, 0.05) is 45.2 Å². The molecule has 0 aromatic heterocycles. The lowest BCUT2D eigenvalue weighted by Gasteiger charge is -2.25. The number of carboxylic acids is 1. The van der Waals surface area contributed by atoms with Crippen LogP contribution in [0.4, 0.5) is 0 Å². The van der Waals surface area contributed by atoms with Crippen LogP contribution in [0.5, 0.6) is 0 Å². The smallest absolute Gasteiger partial charge is 0.312 e. The summed E-state index contributed by atoms with van der Waals surface area (Å²) in [5, 5.41) is 18.9. The second kappa shape index (κ2) is 7.24. The fourth-order valence-electron chi connectivity index (χ4n) is 4.16. The van der Waals surface area contributed by atoms with Gasteiger partial charge in [-0.1, -0.05) is 12.1 Å². The van der Waals surface area contributed by atoms with Crippen LogP contribution in [0.2, 0.25) is 0 Å². The van der Waals surface area contributed by atoms with Crippen LogP contribution in [0.15, 0.2) is 29.2 Å². The number of fused-ring (bicyclic) bond motifs is 1. The summed E-state index contributed by atoms with van der Waals surface area (Å²) in [5.74, 6) is -0.739. The highest BCUT2D eigenvalue weighted by Crippen LogP contribution is 2.43. The molecule has 1 aromatic carbocycles. The summed E-state index contributed by atoms with van der Waals surface area (Å²) in [5.41, 5.74) is 0.165. The summed E-state index contributed by atoms with van der Waals surface area (Å²) in [6.07, 6.45) is 0. The largest absolute Gasteiger partial charge is 0.481 e. The molecule has 1 aromatic rings. The number of hydrogen-bond donors (Lipinski definition) is 3. The Kier molecular flexibility index (Phi) is 5.36. The third-order valence-electron chi connectivity index (χ3n) is 5.50. The van der Waals surface area contributed by atoms with Crippen LogP contribution in [0.1, 0.15) is 5.56 Å². The number of benzene rings is 1. The molecule has 0 amide bonds. The number of aliphatic hydroxyl groups excluding tert-OH is 1. The number of likely N-dealkylation sites (tertiary alicyclic amines) is 2. The van der Waals surface area contributed by atoms with Gasteiger partial charge in [-0.15, -0.1) is 0 Å². The summed E-state index contributed by atoms with van der Waals surface area (Å²) in [4.78, 5) is 16.3. The molecular weight excluding hydrogens is 358 g/mol. The number of nitrogens with one attached hydrogen (secondary N) is 1. The molecule has 0 bridgehead atoms. The van der Waals surface area contributed by atoms with Gasteiger partial charge in [-0.2, -0.15) is 0 Å². The van der Waals surface area contributed by atoms with Crippen molar-refractivity contribution in [1.82, 2.24) is 14.5 Å². The molecule has 8 nitrogen and oxygen atoms in total. The zero-order valence-electron chi connectivity index (χ0n) is 14.8. The molecule has 26 heavy (non-hydrogen) atoms. The fraction of sp³-hybridized carbons (Fsp3) is 0.588. The van der Waals surface area contributed by atoms with Crippen molar-refractivity contribution in [1.29, 1.82) is 0 Å². The molecular formula is C17H25N3O5S. The van der Waals surface area contributed by atoms with Gasteiger partial charge in [0.1, 0.15) is 0 Å². The van der Waals surface area contributed by atoms with E-state index in [2.05, 4.69) is 9.62 Å². The second-order valence-corrected chi connectivity index (χ2v) is 9.02. The van der Waals surface area contributed by atoms with Crippen molar-refractivity contribution in [2.45, 2.75) is 11.4 Å². The Balaban J connectivity index is 1.69. The van der Waals surface area contributed by atoms with Crippen LogP contribution in [0, 0.1) is 11.3 Å². The molecule has 0 radical (unpaired) electrons. The second-order valence-electron chi connectivity index (χ2n) is 7.14. The van der Waals surface area contributed by atoms with Crippen molar-refractivity contribution in [2.75, 3.05) is 46.4 Å². The number of nitrogens with zero attached hydrogens (tertiary/aromatic N) is 2. The summed E-state index contributed by atoms with van der Waals surface area (Å²) in [6, 6.07) is 6.66. The highest BCUT2D eigenvalue weighted by atomic mass is 32.2. The highest BCUT2D eigenvalue weighted by Gasteiger charge is 2.57. The quantitative estimate of drug-likeness (QED) is 0.577. The topological polar surface area (TPSA) is 110 Å². The van der Waals surface area contributed by atoms with E-state index in [9.17, 15) is 18.3 Å². The minimum absolute atomic E-state index is 0.0357. The first-order valence-electron chi connectivity index (χ1n) is 8.62. The molecule has 0 unspecified atom stereocenters. The predicted molar refractivity (Wildman–Crippen MR) is 95.0 cm³/mol. The number of carbonyl (C=O) groups is 1. The van der Waals surface area contributed by atoms with E-state index in [0.717, 1.165) is 5.56 Å². The van der Waals surface area contributed by atoms with Crippen molar-refractivity contribution >= 4 is 16.0 Å². The van der Waals surface area contributed by atoms with E-state index in [4.69, 9.17) is 5.11 Å². The van der Waals surface area contributed by atoms with Crippen molar-refractivity contribution in [3.05, 3.63) is 29.8 Å². The van der Waals surface area contributed by atoms with E-state index < -0.39 is 21.4 Å².